The summed E-state index contributed by atoms with van der Waals surface area (Å²) in [5, 5.41) is 7.38. The third-order valence-corrected chi connectivity index (χ3v) is 6.83. The fraction of sp³-hybridized carbons (Fsp3) is 0.565. The van der Waals surface area contributed by atoms with Gasteiger partial charge in [0.1, 0.15) is 6.54 Å². The van der Waals surface area contributed by atoms with Crippen LogP contribution in [0.3, 0.4) is 0 Å². The Balaban J connectivity index is 1.14. The van der Waals surface area contributed by atoms with Gasteiger partial charge in [0, 0.05) is 12.0 Å². The number of hydrogen-bond donors (Lipinski definition) is 3. The molecule has 8 nitrogen and oxygen atoms in total. The minimum absolute atomic E-state index is 0.0618. The van der Waals surface area contributed by atoms with Crippen molar-refractivity contribution < 1.29 is 23.9 Å². The molecule has 4 aliphatic rings. The van der Waals surface area contributed by atoms with E-state index >= 15 is 0 Å². The Bertz CT molecular complexity index is 819. The number of benzene rings is 1. The van der Waals surface area contributed by atoms with Crippen molar-refractivity contribution >= 4 is 23.8 Å². The summed E-state index contributed by atoms with van der Waals surface area (Å²) in [5.41, 5.74) is 0.565. The van der Waals surface area contributed by atoms with Gasteiger partial charge in [0.05, 0.1) is 0 Å². The monoisotopic (exact) mass is 427 g/mol. The first-order chi connectivity index (χ1) is 14.9. The SMILES string of the molecule is O=C(COC(=O)CNC(=O)C12CC3CC(CC(C3)C1)C2)NC(=O)NCc1ccccc1. The number of esters is 1. The molecule has 0 radical (unpaired) electrons. The van der Waals surface area contributed by atoms with Crippen molar-refractivity contribution in [2.24, 2.45) is 23.2 Å². The lowest BCUT2D eigenvalue weighted by Gasteiger charge is -2.55. The maximum absolute atomic E-state index is 12.8. The zero-order valence-corrected chi connectivity index (χ0v) is 17.5. The molecule has 4 amide bonds. The second kappa shape index (κ2) is 9.08. The van der Waals surface area contributed by atoms with Gasteiger partial charge in [0.25, 0.3) is 5.91 Å². The number of carbonyl (C=O) groups excluding carboxylic acids is 4. The molecule has 0 heterocycles. The number of carbonyl (C=O) groups is 4. The van der Waals surface area contributed by atoms with E-state index in [1.165, 1.54) is 19.3 Å². The lowest BCUT2D eigenvalue weighted by Crippen LogP contribution is -2.54. The van der Waals surface area contributed by atoms with E-state index < -0.39 is 24.5 Å². The summed E-state index contributed by atoms with van der Waals surface area (Å²) in [7, 11) is 0. The normalized spacial score (nSPS) is 27.9. The van der Waals surface area contributed by atoms with Crippen molar-refractivity contribution in [3.63, 3.8) is 0 Å². The number of urea groups is 1. The van der Waals surface area contributed by atoms with Crippen LogP contribution in [0.15, 0.2) is 30.3 Å². The Labute approximate surface area is 181 Å². The molecular weight excluding hydrogens is 398 g/mol. The molecule has 3 N–H and O–H groups in total. The highest BCUT2D eigenvalue weighted by molar-refractivity contribution is 5.95. The molecule has 0 aliphatic heterocycles. The largest absolute Gasteiger partial charge is 0.454 e. The van der Waals surface area contributed by atoms with E-state index in [0.717, 1.165) is 24.8 Å². The summed E-state index contributed by atoms with van der Waals surface area (Å²) in [6, 6.07) is 8.60. The molecule has 31 heavy (non-hydrogen) atoms. The van der Waals surface area contributed by atoms with Gasteiger partial charge < -0.3 is 15.4 Å². The van der Waals surface area contributed by atoms with Crippen molar-refractivity contribution in [3.05, 3.63) is 35.9 Å². The van der Waals surface area contributed by atoms with Crippen LogP contribution in [0.2, 0.25) is 0 Å². The van der Waals surface area contributed by atoms with Crippen molar-refractivity contribution in [3.8, 4) is 0 Å². The number of nitrogens with one attached hydrogen (secondary N) is 3. The number of hydrogen-bond acceptors (Lipinski definition) is 5. The third kappa shape index (κ3) is 5.24. The molecule has 4 fully saturated rings. The minimum atomic E-state index is -0.730. The van der Waals surface area contributed by atoms with Crippen LogP contribution in [0, 0.1) is 23.2 Å². The highest BCUT2D eigenvalue weighted by atomic mass is 16.5. The number of imide groups is 1. The van der Waals surface area contributed by atoms with Crippen LogP contribution in [0.1, 0.15) is 44.1 Å². The lowest BCUT2D eigenvalue weighted by atomic mass is 9.49. The Morgan fingerprint density at radius 2 is 1.52 bits per heavy atom. The second-order valence-corrected chi connectivity index (χ2v) is 9.26. The maximum atomic E-state index is 12.8. The average molecular weight is 428 g/mol. The number of rotatable bonds is 7. The van der Waals surface area contributed by atoms with Crippen molar-refractivity contribution in [1.29, 1.82) is 0 Å². The Kier molecular flexibility index (Phi) is 6.25. The van der Waals surface area contributed by atoms with E-state index in [4.69, 9.17) is 4.74 Å². The minimum Gasteiger partial charge on any atom is -0.454 e. The van der Waals surface area contributed by atoms with Gasteiger partial charge in [0.2, 0.25) is 5.91 Å². The van der Waals surface area contributed by atoms with Gasteiger partial charge in [-0.2, -0.15) is 0 Å². The molecule has 0 spiro atoms. The molecule has 0 saturated heterocycles. The molecule has 4 saturated carbocycles. The van der Waals surface area contributed by atoms with Gasteiger partial charge in [-0.1, -0.05) is 30.3 Å². The molecule has 4 bridgehead atoms. The first kappa shape index (κ1) is 21.3. The summed E-state index contributed by atoms with van der Waals surface area (Å²) in [6.45, 7) is -0.574. The molecule has 166 valence electrons. The first-order valence-corrected chi connectivity index (χ1v) is 11.0. The zero-order chi connectivity index (χ0) is 21.8. The van der Waals surface area contributed by atoms with Crippen LogP contribution in [0.5, 0.6) is 0 Å². The summed E-state index contributed by atoms with van der Waals surface area (Å²) in [5.74, 6) is 0.430. The Hall–Kier alpha value is -2.90. The lowest BCUT2D eigenvalue weighted by molar-refractivity contribution is -0.152. The summed E-state index contributed by atoms with van der Waals surface area (Å²) < 4.78 is 4.89. The molecular formula is C23H29N3O5. The van der Waals surface area contributed by atoms with Gasteiger partial charge in [0.15, 0.2) is 6.61 Å². The van der Waals surface area contributed by atoms with Crippen molar-refractivity contribution in [2.75, 3.05) is 13.2 Å². The average Bonchev–Trinajstić information content (AvgIpc) is 2.74. The van der Waals surface area contributed by atoms with E-state index in [2.05, 4.69) is 16.0 Å². The van der Waals surface area contributed by atoms with Crippen LogP contribution in [0.4, 0.5) is 4.79 Å². The molecule has 0 atom stereocenters. The maximum Gasteiger partial charge on any atom is 0.325 e. The molecule has 0 aromatic heterocycles. The summed E-state index contributed by atoms with van der Waals surface area (Å²) >= 11 is 0. The highest BCUT2D eigenvalue weighted by Crippen LogP contribution is 2.60. The van der Waals surface area contributed by atoms with Gasteiger partial charge in [-0.15, -0.1) is 0 Å². The summed E-state index contributed by atoms with van der Waals surface area (Å²) in [4.78, 5) is 48.3. The molecule has 1 aromatic rings. The van der Waals surface area contributed by atoms with Crippen LogP contribution >= 0.6 is 0 Å². The fourth-order valence-electron chi connectivity index (χ4n) is 5.91. The van der Waals surface area contributed by atoms with Crippen LogP contribution in [-0.4, -0.2) is 37.0 Å². The molecule has 0 unspecified atom stereocenters. The Morgan fingerprint density at radius 3 is 2.13 bits per heavy atom. The topological polar surface area (TPSA) is 114 Å². The van der Waals surface area contributed by atoms with Crippen molar-refractivity contribution in [1.82, 2.24) is 16.0 Å². The van der Waals surface area contributed by atoms with E-state index in [1.54, 1.807) is 0 Å². The van der Waals surface area contributed by atoms with E-state index in [-0.39, 0.29) is 24.4 Å². The number of ether oxygens (including phenoxy) is 1. The zero-order valence-electron chi connectivity index (χ0n) is 17.5. The van der Waals surface area contributed by atoms with Gasteiger partial charge in [-0.05, 0) is 61.8 Å². The molecule has 4 aliphatic carbocycles. The second-order valence-electron chi connectivity index (χ2n) is 9.26. The molecule has 8 heteroatoms. The van der Waals surface area contributed by atoms with Gasteiger partial charge in [-0.25, -0.2) is 4.79 Å². The van der Waals surface area contributed by atoms with Crippen molar-refractivity contribution in [2.45, 2.75) is 45.1 Å². The first-order valence-electron chi connectivity index (χ1n) is 11.0. The highest BCUT2D eigenvalue weighted by Gasteiger charge is 2.54. The predicted molar refractivity (Wildman–Crippen MR) is 111 cm³/mol. The van der Waals surface area contributed by atoms with E-state index in [9.17, 15) is 19.2 Å². The van der Waals surface area contributed by atoms with Gasteiger partial charge in [-0.3, -0.25) is 19.7 Å². The van der Waals surface area contributed by atoms with E-state index in [0.29, 0.717) is 17.8 Å². The third-order valence-electron chi connectivity index (χ3n) is 6.83. The van der Waals surface area contributed by atoms with Gasteiger partial charge >= 0.3 is 12.0 Å². The molecule has 1 aromatic carbocycles. The predicted octanol–water partition coefficient (Wildman–Crippen LogP) is 1.89. The molecule has 5 rings (SSSR count). The number of amides is 4. The van der Waals surface area contributed by atoms with E-state index in [1.807, 2.05) is 30.3 Å². The van der Waals surface area contributed by atoms with Crippen LogP contribution in [0.25, 0.3) is 0 Å². The Morgan fingerprint density at radius 1 is 0.903 bits per heavy atom. The van der Waals surface area contributed by atoms with Crippen LogP contribution in [-0.2, 0) is 25.7 Å². The summed E-state index contributed by atoms with van der Waals surface area (Å²) in [6.07, 6.45) is 6.47. The fourth-order valence-corrected chi connectivity index (χ4v) is 5.91. The quantitative estimate of drug-likeness (QED) is 0.575. The van der Waals surface area contributed by atoms with Crippen LogP contribution < -0.4 is 16.0 Å². The standard InChI is InChI=1S/C23H29N3O5/c27-19(26-22(30)25-12-15-4-2-1-3-5-15)14-31-20(28)13-24-21(29)23-9-16-6-17(10-23)8-18(7-16)11-23/h1-5,16-18H,6-14H2,(H,24,29)(H2,25,26,27,30). The smallest absolute Gasteiger partial charge is 0.325 e.